The molecule has 1 aliphatic rings. The van der Waals surface area contributed by atoms with Crippen LogP contribution in [0.1, 0.15) is 36.5 Å². The molecule has 0 radical (unpaired) electrons. The van der Waals surface area contributed by atoms with Crippen molar-refractivity contribution in [3.8, 4) is 17.2 Å². The lowest BCUT2D eigenvalue weighted by atomic mass is 9.92. The maximum atomic E-state index is 12.2. The highest BCUT2D eigenvalue weighted by Gasteiger charge is 2.34. The lowest BCUT2D eigenvalue weighted by Gasteiger charge is -2.32. The molecule has 2 heterocycles. The molecule has 8 heteroatoms. The number of carbonyl (C=O) groups is 2. The number of phenolic OH excluding ortho intramolecular Hbond substituents is 1. The second kappa shape index (κ2) is 7.30. The van der Waals surface area contributed by atoms with E-state index < -0.39 is 5.60 Å². The molecule has 0 spiro atoms. The molecule has 1 amide bonds. The standard InChI is InChI=1S/C19H23N3O5/c1-12-20-4-6-22(12)7-5-21-17(25)11-26-13-8-14(23)18-15(24)10-19(2,3)27-16(18)9-13/h4,6,8-9,23H,5,7,10-11H2,1-3H3,(H,21,25). The van der Waals surface area contributed by atoms with E-state index in [-0.39, 0.29) is 47.5 Å². The number of imidazole rings is 1. The molecule has 1 aromatic heterocycles. The van der Waals surface area contributed by atoms with Crippen LogP contribution in [-0.2, 0) is 11.3 Å². The van der Waals surface area contributed by atoms with E-state index >= 15 is 0 Å². The number of rotatable bonds is 6. The number of hydrogen-bond acceptors (Lipinski definition) is 6. The molecule has 2 aromatic rings. The summed E-state index contributed by atoms with van der Waals surface area (Å²) in [5.41, 5.74) is -0.500. The Bertz CT molecular complexity index is 872. The number of phenols is 1. The van der Waals surface area contributed by atoms with Crippen LogP contribution in [0.5, 0.6) is 17.2 Å². The van der Waals surface area contributed by atoms with Gasteiger partial charge in [-0.3, -0.25) is 9.59 Å². The van der Waals surface area contributed by atoms with Gasteiger partial charge in [-0.15, -0.1) is 0 Å². The molecule has 0 saturated carbocycles. The Hall–Kier alpha value is -3.03. The van der Waals surface area contributed by atoms with Gasteiger partial charge in [-0.1, -0.05) is 0 Å². The van der Waals surface area contributed by atoms with Crippen LogP contribution >= 0.6 is 0 Å². The summed E-state index contributed by atoms with van der Waals surface area (Å²) < 4.78 is 13.1. The first-order chi connectivity index (χ1) is 12.7. The van der Waals surface area contributed by atoms with E-state index in [0.717, 1.165) is 5.82 Å². The fraction of sp³-hybridized carbons (Fsp3) is 0.421. The van der Waals surface area contributed by atoms with Gasteiger partial charge in [0.2, 0.25) is 0 Å². The minimum atomic E-state index is -0.655. The van der Waals surface area contributed by atoms with E-state index in [9.17, 15) is 14.7 Å². The van der Waals surface area contributed by atoms with Crippen LogP contribution in [0.15, 0.2) is 24.5 Å². The summed E-state index contributed by atoms with van der Waals surface area (Å²) in [5.74, 6) is 0.723. The topological polar surface area (TPSA) is 103 Å². The molecular formula is C19H23N3O5. The van der Waals surface area contributed by atoms with Crippen molar-refractivity contribution < 1.29 is 24.2 Å². The second-order valence-corrected chi connectivity index (χ2v) is 7.08. The summed E-state index contributed by atoms with van der Waals surface area (Å²) in [5, 5.41) is 12.9. The minimum absolute atomic E-state index is 0.154. The number of aryl methyl sites for hydroxylation is 1. The van der Waals surface area contributed by atoms with Crippen molar-refractivity contribution in [2.45, 2.75) is 39.3 Å². The van der Waals surface area contributed by atoms with Gasteiger partial charge in [-0.05, 0) is 20.8 Å². The van der Waals surface area contributed by atoms with Gasteiger partial charge in [-0.2, -0.15) is 0 Å². The SMILES string of the molecule is Cc1nccn1CCNC(=O)COc1cc(O)c2c(c1)OC(C)(C)CC2=O. The molecule has 0 unspecified atom stereocenters. The number of aromatic nitrogens is 2. The van der Waals surface area contributed by atoms with Crippen molar-refractivity contribution >= 4 is 11.7 Å². The maximum Gasteiger partial charge on any atom is 0.258 e. The highest BCUT2D eigenvalue weighted by molar-refractivity contribution is 6.03. The van der Waals surface area contributed by atoms with Crippen LogP contribution in [0.3, 0.4) is 0 Å². The zero-order valence-electron chi connectivity index (χ0n) is 15.6. The van der Waals surface area contributed by atoms with Crippen LogP contribution < -0.4 is 14.8 Å². The highest BCUT2D eigenvalue weighted by Crippen LogP contribution is 2.40. The minimum Gasteiger partial charge on any atom is -0.507 e. The van der Waals surface area contributed by atoms with Crippen molar-refractivity contribution in [2.24, 2.45) is 0 Å². The van der Waals surface area contributed by atoms with Gasteiger partial charge >= 0.3 is 0 Å². The van der Waals surface area contributed by atoms with E-state index in [0.29, 0.717) is 13.1 Å². The van der Waals surface area contributed by atoms with E-state index in [1.807, 2.05) is 17.7 Å². The van der Waals surface area contributed by atoms with Crippen molar-refractivity contribution in [3.05, 3.63) is 35.9 Å². The second-order valence-electron chi connectivity index (χ2n) is 7.08. The third-order valence-electron chi connectivity index (χ3n) is 4.27. The van der Waals surface area contributed by atoms with E-state index in [4.69, 9.17) is 9.47 Å². The summed E-state index contributed by atoms with van der Waals surface area (Å²) >= 11 is 0. The summed E-state index contributed by atoms with van der Waals surface area (Å²) in [6.07, 6.45) is 3.74. The van der Waals surface area contributed by atoms with Gasteiger partial charge in [0.05, 0.1) is 6.42 Å². The zero-order chi connectivity index (χ0) is 19.6. The summed E-state index contributed by atoms with van der Waals surface area (Å²) in [4.78, 5) is 28.3. The normalized spacial score (nSPS) is 15.0. The summed E-state index contributed by atoms with van der Waals surface area (Å²) in [7, 11) is 0. The van der Waals surface area contributed by atoms with Crippen molar-refractivity contribution in [3.63, 3.8) is 0 Å². The number of aromatic hydroxyl groups is 1. The Morgan fingerprint density at radius 2 is 2.22 bits per heavy atom. The Labute approximate surface area is 157 Å². The summed E-state index contributed by atoms with van der Waals surface area (Å²) in [6, 6.07) is 2.84. The van der Waals surface area contributed by atoms with Gasteiger partial charge in [-0.25, -0.2) is 4.98 Å². The van der Waals surface area contributed by atoms with Crippen LogP contribution in [0.4, 0.5) is 0 Å². The quantitative estimate of drug-likeness (QED) is 0.801. The first kappa shape index (κ1) is 18.8. The molecule has 144 valence electrons. The van der Waals surface area contributed by atoms with Crippen LogP contribution in [0.25, 0.3) is 0 Å². The molecule has 2 N–H and O–H groups in total. The molecule has 3 rings (SSSR count). The number of carbonyl (C=O) groups excluding carboxylic acids is 2. The first-order valence-electron chi connectivity index (χ1n) is 8.71. The number of fused-ring (bicyclic) bond motifs is 1. The predicted molar refractivity (Wildman–Crippen MR) is 97.2 cm³/mol. The number of ketones is 1. The predicted octanol–water partition coefficient (Wildman–Crippen LogP) is 1.84. The Morgan fingerprint density at radius 3 is 2.93 bits per heavy atom. The first-order valence-corrected chi connectivity index (χ1v) is 8.71. The molecule has 0 aliphatic carbocycles. The number of Topliss-reactive ketones (excluding diaryl/α,β-unsaturated/α-hetero) is 1. The molecule has 0 fully saturated rings. The van der Waals surface area contributed by atoms with Crippen molar-refractivity contribution in [1.29, 1.82) is 0 Å². The van der Waals surface area contributed by atoms with Crippen LogP contribution in [0, 0.1) is 6.92 Å². The Balaban J connectivity index is 1.56. The molecule has 1 aliphatic heterocycles. The largest absolute Gasteiger partial charge is 0.507 e. The average Bonchev–Trinajstić information content (AvgIpc) is 2.96. The Morgan fingerprint density at radius 1 is 1.44 bits per heavy atom. The number of nitrogens with zero attached hydrogens (tertiary/aromatic N) is 2. The third-order valence-corrected chi connectivity index (χ3v) is 4.27. The van der Waals surface area contributed by atoms with Crippen molar-refractivity contribution in [1.82, 2.24) is 14.9 Å². The number of amides is 1. The third kappa shape index (κ3) is 4.39. The van der Waals surface area contributed by atoms with E-state index in [1.54, 1.807) is 20.0 Å². The van der Waals surface area contributed by atoms with Crippen LogP contribution in [-0.4, -0.2) is 45.1 Å². The average molecular weight is 373 g/mol. The number of nitrogens with one attached hydrogen (secondary N) is 1. The van der Waals surface area contributed by atoms with Crippen LogP contribution in [0.2, 0.25) is 0 Å². The van der Waals surface area contributed by atoms with E-state index in [1.165, 1.54) is 12.1 Å². The fourth-order valence-corrected chi connectivity index (χ4v) is 2.98. The molecule has 8 nitrogen and oxygen atoms in total. The van der Waals surface area contributed by atoms with Gasteiger partial charge in [0.15, 0.2) is 12.4 Å². The van der Waals surface area contributed by atoms with Gasteiger partial charge < -0.3 is 24.5 Å². The monoisotopic (exact) mass is 373 g/mol. The molecule has 27 heavy (non-hydrogen) atoms. The lowest BCUT2D eigenvalue weighted by molar-refractivity contribution is -0.123. The van der Waals surface area contributed by atoms with Gasteiger partial charge in [0.1, 0.15) is 34.2 Å². The summed E-state index contributed by atoms with van der Waals surface area (Å²) in [6.45, 7) is 6.34. The highest BCUT2D eigenvalue weighted by atomic mass is 16.5. The Kier molecular flexibility index (Phi) is 5.07. The molecule has 0 bridgehead atoms. The molecule has 0 atom stereocenters. The van der Waals surface area contributed by atoms with Crippen molar-refractivity contribution in [2.75, 3.05) is 13.2 Å². The maximum absolute atomic E-state index is 12.2. The lowest BCUT2D eigenvalue weighted by Crippen LogP contribution is -2.36. The van der Waals surface area contributed by atoms with Gasteiger partial charge in [0, 0.05) is 37.6 Å². The fourth-order valence-electron chi connectivity index (χ4n) is 2.98. The molecular weight excluding hydrogens is 350 g/mol. The molecule has 1 aromatic carbocycles. The number of hydrogen-bond donors (Lipinski definition) is 2. The van der Waals surface area contributed by atoms with Gasteiger partial charge in [0.25, 0.3) is 5.91 Å². The molecule has 0 saturated heterocycles. The number of benzene rings is 1. The smallest absolute Gasteiger partial charge is 0.258 e. The van der Waals surface area contributed by atoms with E-state index in [2.05, 4.69) is 10.3 Å². The zero-order valence-corrected chi connectivity index (χ0v) is 15.6. The number of ether oxygens (including phenoxy) is 2.